The summed E-state index contributed by atoms with van der Waals surface area (Å²) in [5.74, 6) is 3.62. The standard InChI is InChI=1S/C14H25NO2S/c1-10-2-5-16-13(10)12(15)11-3-6-17-14(8-11)4-7-18-9-14/h10-13H,2-9,15H2,1H3. The van der Waals surface area contributed by atoms with Crippen molar-refractivity contribution in [1.29, 1.82) is 0 Å². The summed E-state index contributed by atoms with van der Waals surface area (Å²) in [4.78, 5) is 0. The van der Waals surface area contributed by atoms with E-state index in [-0.39, 0.29) is 17.7 Å². The monoisotopic (exact) mass is 271 g/mol. The zero-order chi connectivity index (χ0) is 12.6. The third-order valence-corrected chi connectivity index (χ3v) is 6.19. The molecule has 3 fully saturated rings. The smallest absolute Gasteiger partial charge is 0.0783 e. The number of rotatable bonds is 2. The number of hydrogen-bond acceptors (Lipinski definition) is 4. The van der Waals surface area contributed by atoms with Crippen molar-refractivity contribution < 1.29 is 9.47 Å². The van der Waals surface area contributed by atoms with Crippen LogP contribution in [-0.4, -0.2) is 42.5 Å². The minimum Gasteiger partial charge on any atom is -0.376 e. The van der Waals surface area contributed by atoms with Crippen LogP contribution in [0, 0.1) is 11.8 Å². The Morgan fingerprint density at radius 1 is 1.33 bits per heavy atom. The highest BCUT2D eigenvalue weighted by atomic mass is 32.2. The van der Waals surface area contributed by atoms with Gasteiger partial charge >= 0.3 is 0 Å². The number of thioether (sulfide) groups is 1. The van der Waals surface area contributed by atoms with Gasteiger partial charge in [0.2, 0.25) is 0 Å². The Hall–Kier alpha value is 0.230. The summed E-state index contributed by atoms with van der Waals surface area (Å²) in [6.07, 6.45) is 4.91. The van der Waals surface area contributed by atoms with Gasteiger partial charge in [0, 0.05) is 25.0 Å². The second-order valence-corrected chi connectivity index (χ2v) is 7.37. The lowest BCUT2D eigenvalue weighted by Gasteiger charge is -2.41. The SMILES string of the molecule is CC1CCOC1C(N)C1CCOC2(CCSC2)C1. The topological polar surface area (TPSA) is 44.5 Å². The number of ether oxygens (including phenoxy) is 2. The Morgan fingerprint density at radius 3 is 2.89 bits per heavy atom. The van der Waals surface area contributed by atoms with Crippen LogP contribution in [0.5, 0.6) is 0 Å². The molecule has 0 aromatic rings. The minimum absolute atomic E-state index is 0.146. The van der Waals surface area contributed by atoms with E-state index in [1.807, 2.05) is 11.8 Å². The Bertz CT molecular complexity index is 294. The van der Waals surface area contributed by atoms with Crippen molar-refractivity contribution in [2.45, 2.75) is 50.4 Å². The molecule has 3 nitrogen and oxygen atoms in total. The first-order valence-corrected chi connectivity index (χ1v) is 8.45. The molecule has 5 unspecified atom stereocenters. The zero-order valence-electron chi connectivity index (χ0n) is 11.3. The van der Waals surface area contributed by atoms with Crippen molar-refractivity contribution >= 4 is 11.8 Å². The van der Waals surface area contributed by atoms with Crippen molar-refractivity contribution in [3.8, 4) is 0 Å². The van der Waals surface area contributed by atoms with E-state index in [9.17, 15) is 0 Å². The lowest BCUT2D eigenvalue weighted by Crippen LogP contribution is -2.50. The van der Waals surface area contributed by atoms with Crippen molar-refractivity contribution in [1.82, 2.24) is 0 Å². The van der Waals surface area contributed by atoms with E-state index >= 15 is 0 Å². The van der Waals surface area contributed by atoms with E-state index < -0.39 is 0 Å². The molecule has 1 spiro atoms. The highest BCUT2D eigenvalue weighted by Crippen LogP contribution is 2.42. The highest BCUT2D eigenvalue weighted by Gasteiger charge is 2.44. The molecule has 4 heteroatoms. The fourth-order valence-electron chi connectivity index (χ4n) is 3.73. The Balaban J connectivity index is 1.64. The van der Waals surface area contributed by atoms with Crippen LogP contribution >= 0.6 is 11.8 Å². The van der Waals surface area contributed by atoms with Crippen LogP contribution in [0.4, 0.5) is 0 Å². The Morgan fingerprint density at radius 2 is 2.22 bits per heavy atom. The molecule has 3 heterocycles. The van der Waals surface area contributed by atoms with Gasteiger partial charge in [0.1, 0.15) is 0 Å². The zero-order valence-corrected chi connectivity index (χ0v) is 12.1. The summed E-state index contributed by atoms with van der Waals surface area (Å²) in [7, 11) is 0. The number of nitrogens with two attached hydrogens (primary N) is 1. The van der Waals surface area contributed by atoms with Gasteiger partial charge in [-0.2, -0.15) is 11.8 Å². The van der Waals surface area contributed by atoms with Gasteiger partial charge in [0.05, 0.1) is 11.7 Å². The molecule has 0 aliphatic carbocycles. The molecule has 0 aromatic carbocycles. The lowest BCUT2D eigenvalue weighted by atomic mass is 9.78. The van der Waals surface area contributed by atoms with E-state index in [2.05, 4.69) is 6.92 Å². The molecular weight excluding hydrogens is 246 g/mol. The normalized spacial score (nSPS) is 46.7. The van der Waals surface area contributed by atoms with E-state index in [0.29, 0.717) is 11.8 Å². The molecule has 5 atom stereocenters. The summed E-state index contributed by atoms with van der Waals surface area (Å²) in [6, 6.07) is 0.203. The second-order valence-electron chi connectivity index (χ2n) is 6.27. The lowest BCUT2D eigenvalue weighted by molar-refractivity contribution is -0.0921. The predicted molar refractivity (Wildman–Crippen MR) is 74.8 cm³/mol. The van der Waals surface area contributed by atoms with Crippen molar-refractivity contribution in [3.63, 3.8) is 0 Å². The van der Waals surface area contributed by atoms with Crippen LogP contribution in [0.15, 0.2) is 0 Å². The van der Waals surface area contributed by atoms with Gasteiger partial charge in [-0.1, -0.05) is 6.92 Å². The summed E-state index contributed by atoms with van der Waals surface area (Å²) < 4.78 is 11.9. The van der Waals surface area contributed by atoms with Gasteiger partial charge in [-0.3, -0.25) is 0 Å². The summed E-state index contributed by atoms with van der Waals surface area (Å²) in [5.41, 5.74) is 6.65. The van der Waals surface area contributed by atoms with E-state index in [1.165, 1.54) is 18.6 Å². The quantitative estimate of drug-likeness (QED) is 0.835. The highest BCUT2D eigenvalue weighted by molar-refractivity contribution is 7.99. The van der Waals surface area contributed by atoms with Crippen LogP contribution in [0.3, 0.4) is 0 Å². The minimum atomic E-state index is 0.146. The molecule has 18 heavy (non-hydrogen) atoms. The van der Waals surface area contributed by atoms with Gasteiger partial charge in [-0.15, -0.1) is 0 Å². The molecular formula is C14H25NO2S. The van der Waals surface area contributed by atoms with Crippen LogP contribution in [-0.2, 0) is 9.47 Å². The maximum absolute atomic E-state index is 6.51. The van der Waals surface area contributed by atoms with Crippen molar-refractivity contribution in [3.05, 3.63) is 0 Å². The van der Waals surface area contributed by atoms with Gasteiger partial charge in [-0.05, 0) is 43.3 Å². The van der Waals surface area contributed by atoms with Gasteiger partial charge < -0.3 is 15.2 Å². The molecule has 2 N–H and O–H groups in total. The summed E-state index contributed by atoms with van der Waals surface area (Å²) in [6.45, 7) is 4.06. The Labute approximate surface area is 114 Å². The molecule has 0 radical (unpaired) electrons. The first-order chi connectivity index (χ1) is 8.70. The van der Waals surface area contributed by atoms with Gasteiger partial charge in [0.15, 0.2) is 0 Å². The fraction of sp³-hybridized carbons (Fsp3) is 1.00. The van der Waals surface area contributed by atoms with Gasteiger partial charge in [-0.25, -0.2) is 0 Å². The van der Waals surface area contributed by atoms with E-state index in [0.717, 1.165) is 31.8 Å². The fourth-order valence-corrected chi connectivity index (χ4v) is 5.11. The molecule has 3 aliphatic rings. The summed E-state index contributed by atoms with van der Waals surface area (Å²) in [5, 5.41) is 0. The second kappa shape index (κ2) is 5.31. The molecule has 3 saturated heterocycles. The first kappa shape index (κ1) is 13.2. The van der Waals surface area contributed by atoms with Gasteiger partial charge in [0.25, 0.3) is 0 Å². The van der Waals surface area contributed by atoms with Crippen molar-refractivity contribution in [2.75, 3.05) is 24.7 Å². The molecule has 0 aromatic heterocycles. The molecule has 0 amide bonds. The van der Waals surface area contributed by atoms with Crippen LogP contribution in [0.1, 0.15) is 32.6 Å². The predicted octanol–water partition coefficient (Wildman–Crippen LogP) is 2.04. The average Bonchev–Trinajstić information content (AvgIpc) is 2.98. The maximum atomic E-state index is 6.51. The number of hydrogen-bond donors (Lipinski definition) is 1. The molecule has 0 bridgehead atoms. The largest absolute Gasteiger partial charge is 0.376 e. The van der Waals surface area contributed by atoms with E-state index in [1.54, 1.807) is 0 Å². The van der Waals surface area contributed by atoms with Crippen LogP contribution < -0.4 is 5.73 Å². The third-order valence-electron chi connectivity index (χ3n) is 4.97. The van der Waals surface area contributed by atoms with Crippen LogP contribution in [0.25, 0.3) is 0 Å². The van der Waals surface area contributed by atoms with Crippen molar-refractivity contribution in [2.24, 2.45) is 17.6 Å². The molecule has 3 aliphatic heterocycles. The molecule has 3 rings (SSSR count). The summed E-state index contributed by atoms with van der Waals surface area (Å²) >= 11 is 2.03. The Kier molecular flexibility index (Phi) is 3.90. The molecule has 104 valence electrons. The maximum Gasteiger partial charge on any atom is 0.0783 e. The average molecular weight is 271 g/mol. The van der Waals surface area contributed by atoms with E-state index in [4.69, 9.17) is 15.2 Å². The third kappa shape index (κ3) is 2.45. The molecule has 0 saturated carbocycles. The first-order valence-electron chi connectivity index (χ1n) is 7.29. The van der Waals surface area contributed by atoms with Crippen LogP contribution in [0.2, 0.25) is 0 Å².